The maximum absolute atomic E-state index is 13.2. The fourth-order valence-corrected chi connectivity index (χ4v) is 4.31. The van der Waals surface area contributed by atoms with E-state index in [0.717, 1.165) is 22.8 Å². The SMILES string of the molecule is Cc1ccc(-n2nc3c(c2-n2cccc2)CN(C(=O)C2COc4ccccc4O2)C3)cc1. The third-order valence-corrected chi connectivity index (χ3v) is 5.95. The van der Waals surface area contributed by atoms with Crippen molar-refractivity contribution in [2.24, 2.45) is 0 Å². The Morgan fingerprint density at radius 2 is 1.72 bits per heavy atom. The molecule has 1 unspecified atom stereocenters. The van der Waals surface area contributed by atoms with E-state index in [1.807, 2.05) is 53.5 Å². The summed E-state index contributed by atoms with van der Waals surface area (Å²) < 4.78 is 15.7. The molecule has 0 saturated carbocycles. The van der Waals surface area contributed by atoms with E-state index in [4.69, 9.17) is 14.6 Å². The number of carbonyl (C=O) groups excluding carboxylic acids is 1. The second kappa shape index (κ2) is 7.30. The van der Waals surface area contributed by atoms with E-state index in [0.29, 0.717) is 24.6 Å². The molecule has 0 saturated heterocycles. The highest BCUT2D eigenvalue weighted by atomic mass is 16.6. The van der Waals surface area contributed by atoms with Crippen LogP contribution in [-0.4, -0.2) is 37.9 Å². The van der Waals surface area contributed by atoms with Crippen LogP contribution in [0, 0.1) is 6.92 Å². The predicted molar refractivity (Wildman–Crippen MR) is 118 cm³/mol. The van der Waals surface area contributed by atoms with Gasteiger partial charge in [-0.2, -0.15) is 5.10 Å². The molecule has 4 aromatic rings. The lowest BCUT2D eigenvalue weighted by molar-refractivity contribution is -0.141. The van der Waals surface area contributed by atoms with Gasteiger partial charge in [0.15, 0.2) is 11.5 Å². The third-order valence-electron chi connectivity index (χ3n) is 5.95. The van der Waals surface area contributed by atoms with Gasteiger partial charge in [0.1, 0.15) is 12.4 Å². The second-order valence-electron chi connectivity index (χ2n) is 8.15. The first-order valence-corrected chi connectivity index (χ1v) is 10.7. The monoisotopic (exact) mass is 426 g/mol. The first-order chi connectivity index (χ1) is 15.7. The van der Waals surface area contributed by atoms with Crippen molar-refractivity contribution in [1.29, 1.82) is 0 Å². The number of carbonyl (C=O) groups is 1. The summed E-state index contributed by atoms with van der Waals surface area (Å²) >= 11 is 0. The minimum Gasteiger partial charge on any atom is -0.485 e. The Balaban J connectivity index is 1.30. The van der Waals surface area contributed by atoms with E-state index in [2.05, 4.69) is 35.8 Å². The number of hydrogen-bond donors (Lipinski definition) is 0. The number of nitrogens with zero attached hydrogens (tertiary/aromatic N) is 4. The number of fused-ring (bicyclic) bond motifs is 2. The molecular weight excluding hydrogens is 404 g/mol. The van der Waals surface area contributed by atoms with Gasteiger partial charge in [0.05, 0.1) is 24.5 Å². The van der Waals surface area contributed by atoms with Crippen LogP contribution in [0.3, 0.4) is 0 Å². The molecule has 2 aromatic carbocycles. The molecule has 0 aliphatic carbocycles. The molecule has 0 spiro atoms. The van der Waals surface area contributed by atoms with Crippen LogP contribution in [0.25, 0.3) is 11.5 Å². The van der Waals surface area contributed by atoms with Crippen LogP contribution in [-0.2, 0) is 17.9 Å². The zero-order valence-corrected chi connectivity index (χ0v) is 17.6. The number of aryl methyl sites for hydroxylation is 1. The van der Waals surface area contributed by atoms with Crippen molar-refractivity contribution in [3.05, 3.63) is 89.9 Å². The molecule has 2 aromatic heterocycles. The van der Waals surface area contributed by atoms with Gasteiger partial charge in [-0.3, -0.25) is 4.79 Å². The molecule has 0 N–H and O–H groups in total. The summed E-state index contributed by atoms with van der Waals surface area (Å²) in [6.07, 6.45) is 3.34. The Labute approximate surface area is 185 Å². The quantitative estimate of drug-likeness (QED) is 0.502. The number of amides is 1. The molecule has 1 atom stereocenters. The van der Waals surface area contributed by atoms with Crippen LogP contribution in [0.4, 0.5) is 0 Å². The van der Waals surface area contributed by atoms with Crippen LogP contribution in [0.1, 0.15) is 16.8 Å². The normalized spacial score (nSPS) is 16.8. The fraction of sp³-hybridized carbons (Fsp3) is 0.200. The van der Waals surface area contributed by atoms with E-state index >= 15 is 0 Å². The van der Waals surface area contributed by atoms with Gasteiger partial charge in [-0.05, 0) is 43.3 Å². The van der Waals surface area contributed by atoms with E-state index in [1.54, 1.807) is 4.90 Å². The lowest BCUT2D eigenvalue weighted by Gasteiger charge is -2.28. The zero-order valence-electron chi connectivity index (χ0n) is 17.6. The van der Waals surface area contributed by atoms with Crippen LogP contribution < -0.4 is 9.47 Å². The zero-order chi connectivity index (χ0) is 21.7. The van der Waals surface area contributed by atoms with Gasteiger partial charge in [0, 0.05) is 18.0 Å². The van der Waals surface area contributed by atoms with Crippen molar-refractivity contribution in [2.45, 2.75) is 26.1 Å². The highest BCUT2D eigenvalue weighted by Gasteiger charge is 2.37. The minimum absolute atomic E-state index is 0.0853. The molecular formula is C25H22N4O3. The van der Waals surface area contributed by atoms with Crippen LogP contribution in [0.15, 0.2) is 73.1 Å². The Kier molecular flexibility index (Phi) is 4.28. The molecule has 32 heavy (non-hydrogen) atoms. The maximum Gasteiger partial charge on any atom is 0.267 e. The molecule has 4 heterocycles. The summed E-state index contributed by atoms with van der Waals surface area (Å²) in [6, 6.07) is 19.7. The summed E-state index contributed by atoms with van der Waals surface area (Å²) in [6.45, 7) is 3.20. The number of aromatic nitrogens is 3. The first-order valence-electron chi connectivity index (χ1n) is 10.7. The van der Waals surface area contributed by atoms with Gasteiger partial charge in [0.2, 0.25) is 6.10 Å². The third kappa shape index (κ3) is 3.05. The van der Waals surface area contributed by atoms with Gasteiger partial charge in [0.25, 0.3) is 5.91 Å². The van der Waals surface area contributed by atoms with Crippen LogP contribution in [0.2, 0.25) is 0 Å². The molecule has 2 aliphatic rings. The van der Waals surface area contributed by atoms with Crippen LogP contribution >= 0.6 is 0 Å². The lowest BCUT2D eigenvalue weighted by Crippen LogP contribution is -2.44. The summed E-state index contributed by atoms with van der Waals surface area (Å²) in [7, 11) is 0. The molecule has 0 bridgehead atoms. The first kappa shape index (κ1) is 18.7. The average Bonchev–Trinajstić information content (AvgIpc) is 3.55. The lowest BCUT2D eigenvalue weighted by atomic mass is 10.2. The summed E-state index contributed by atoms with van der Waals surface area (Å²) in [4.78, 5) is 15.0. The fourth-order valence-electron chi connectivity index (χ4n) is 4.31. The maximum atomic E-state index is 13.2. The van der Waals surface area contributed by atoms with Crippen molar-refractivity contribution >= 4 is 5.91 Å². The van der Waals surface area contributed by atoms with E-state index in [-0.39, 0.29) is 12.5 Å². The number of ether oxygens (including phenoxy) is 2. The van der Waals surface area contributed by atoms with Crippen molar-refractivity contribution in [3.8, 4) is 23.0 Å². The molecule has 0 radical (unpaired) electrons. The van der Waals surface area contributed by atoms with Crippen molar-refractivity contribution in [1.82, 2.24) is 19.2 Å². The van der Waals surface area contributed by atoms with Gasteiger partial charge >= 0.3 is 0 Å². The molecule has 1 amide bonds. The minimum atomic E-state index is -0.659. The van der Waals surface area contributed by atoms with Gasteiger partial charge in [-0.25, -0.2) is 4.68 Å². The van der Waals surface area contributed by atoms with E-state index in [9.17, 15) is 4.79 Å². The average molecular weight is 426 g/mol. The Morgan fingerprint density at radius 3 is 2.50 bits per heavy atom. The Hall–Kier alpha value is -4.00. The number of hydrogen-bond acceptors (Lipinski definition) is 4. The highest BCUT2D eigenvalue weighted by molar-refractivity contribution is 5.82. The number of benzene rings is 2. The van der Waals surface area contributed by atoms with Gasteiger partial charge < -0.3 is 18.9 Å². The standard InChI is InChI=1S/C25H22N4O3/c1-17-8-10-18(11-9-17)29-24(27-12-4-5-13-27)19-14-28(15-20(19)26-29)25(30)23-16-31-21-6-2-3-7-22(21)32-23/h2-13,23H,14-16H2,1H3. The molecule has 0 fully saturated rings. The Bertz CT molecular complexity index is 1290. The highest BCUT2D eigenvalue weighted by Crippen LogP contribution is 2.34. The van der Waals surface area contributed by atoms with Crippen LogP contribution in [0.5, 0.6) is 11.5 Å². The smallest absolute Gasteiger partial charge is 0.267 e. The van der Waals surface area contributed by atoms with Crippen molar-refractivity contribution < 1.29 is 14.3 Å². The molecule has 7 heteroatoms. The number of para-hydroxylation sites is 2. The van der Waals surface area contributed by atoms with Crippen molar-refractivity contribution in [3.63, 3.8) is 0 Å². The van der Waals surface area contributed by atoms with E-state index < -0.39 is 6.10 Å². The van der Waals surface area contributed by atoms with Gasteiger partial charge in [-0.15, -0.1) is 0 Å². The Morgan fingerprint density at radius 1 is 0.969 bits per heavy atom. The van der Waals surface area contributed by atoms with Gasteiger partial charge in [-0.1, -0.05) is 29.8 Å². The summed E-state index contributed by atoms with van der Waals surface area (Å²) in [5.74, 6) is 2.14. The number of rotatable bonds is 3. The van der Waals surface area contributed by atoms with Crippen molar-refractivity contribution in [2.75, 3.05) is 6.61 Å². The molecule has 2 aliphatic heterocycles. The molecule has 7 nitrogen and oxygen atoms in total. The topological polar surface area (TPSA) is 61.5 Å². The molecule has 6 rings (SSSR count). The predicted octanol–water partition coefficient (Wildman–Crippen LogP) is 3.65. The van der Waals surface area contributed by atoms with E-state index in [1.165, 1.54) is 5.56 Å². The summed E-state index contributed by atoms with van der Waals surface area (Å²) in [5.41, 5.74) is 4.14. The largest absolute Gasteiger partial charge is 0.485 e. The second-order valence-corrected chi connectivity index (χ2v) is 8.15. The summed E-state index contributed by atoms with van der Waals surface area (Å²) in [5, 5.41) is 4.89. The molecule has 160 valence electrons.